The largest absolute Gasteiger partial charge is 0.480 e. The third-order valence-electron chi connectivity index (χ3n) is 2.51. The molecule has 1 aromatic rings. The van der Waals surface area contributed by atoms with Gasteiger partial charge in [0.05, 0.1) is 0 Å². The fourth-order valence-electron chi connectivity index (χ4n) is 1.35. The van der Waals surface area contributed by atoms with E-state index >= 15 is 0 Å². The standard InChI is InChI=1S/C13H15NO4/c1-3-11(15)9-4-6-10(7-5-9)12(16)14-8(2)13(17)18/h4-8H,3H2,1-2H3,(H,14,16)(H,17,18). The third-order valence-corrected chi connectivity index (χ3v) is 2.51. The first-order valence-electron chi connectivity index (χ1n) is 5.62. The van der Waals surface area contributed by atoms with Crippen molar-refractivity contribution in [3.05, 3.63) is 35.4 Å². The van der Waals surface area contributed by atoms with Crippen LogP contribution in [0.25, 0.3) is 0 Å². The number of hydrogen-bond donors (Lipinski definition) is 2. The molecule has 18 heavy (non-hydrogen) atoms. The number of amides is 1. The van der Waals surface area contributed by atoms with Gasteiger partial charge in [0.15, 0.2) is 5.78 Å². The summed E-state index contributed by atoms with van der Waals surface area (Å²) in [7, 11) is 0. The van der Waals surface area contributed by atoms with Crippen LogP contribution >= 0.6 is 0 Å². The van der Waals surface area contributed by atoms with Gasteiger partial charge in [0.25, 0.3) is 5.91 Å². The van der Waals surface area contributed by atoms with E-state index in [4.69, 9.17) is 5.11 Å². The second-order valence-electron chi connectivity index (χ2n) is 3.89. The molecule has 0 heterocycles. The Kier molecular flexibility index (Phi) is 4.59. The molecule has 0 radical (unpaired) electrons. The van der Waals surface area contributed by atoms with Crippen LogP contribution in [-0.2, 0) is 4.79 Å². The Labute approximate surface area is 105 Å². The minimum absolute atomic E-state index is 0.000798. The molecule has 0 fully saturated rings. The minimum Gasteiger partial charge on any atom is -0.480 e. The van der Waals surface area contributed by atoms with Crippen LogP contribution in [0.5, 0.6) is 0 Å². The summed E-state index contributed by atoms with van der Waals surface area (Å²) >= 11 is 0. The fraction of sp³-hybridized carbons (Fsp3) is 0.308. The van der Waals surface area contributed by atoms with Crippen molar-refractivity contribution in [1.29, 1.82) is 0 Å². The molecular formula is C13H15NO4. The lowest BCUT2D eigenvalue weighted by molar-refractivity contribution is -0.138. The van der Waals surface area contributed by atoms with Crippen molar-refractivity contribution in [2.75, 3.05) is 0 Å². The molecule has 1 unspecified atom stereocenters. The van der Waals surface area contributed by atoms with E-state index in [2.05, 4.69) is 5.32 Å². The average molecular weight is 249 g/mol. The molecule has 0 saturated carbocycles. The number of aliphatic carboxylic acids is 1. The topological polar surface area (TPSA) is 83.5 Å². The molecule has 1 rings (SSSR count). The van der Waals surface area contributed by atoms with Crippen LogP contribution in [-0.4, -0.2) is 28.8 Å². The van der Waals surface area contributed by atoms with E-state index in [0.29, 0.717) is 17.5 Å². The summed E-state index contributed by atoms with van der Waals surface area (Å²) in [5.41, 5.74) is 0.871. The number of carbonyl (C=O) groups is 3. The van der Waals surface area contributed by atoms with Crippen LogP contribution in [0.3, 0.4) is 0 Å². The van der Waals surface area contributed by atoms with Crippen molar-refractivity contribution in [2.45, 2.75) is 26.3 Å². The zero-order chi connectivity index (χ0) is 13.7. The Morgan fingerprint density at radius 1 is 1.17 bits per heavy atom. The molecule has 0 aromatic heterocycles. The van der Waals surface area contributed by atoms with Crippen LogP contribution < -0.4 is 5.32 Å². The van der Waals surface area contributed by atoms with Crippen molar-refractivity contribution in [3.8, 4) is 0 Å². The molecule has 1 atom stereocenters. The number of carbonyl (C=O) groups excluding carboxylic acids is 2. The number of benzene rings is 1. The smallest absolute Gasteiger partial charge is 0.325 e. The molecule has 0 spiro atoms. The van der Waals surface area contributed by atoms with Gasteiger partial charge in [-0.2, -0.15) is 0 Å². The Balaban J connectivity index is 2.76. The van der Waals surface area contributed by atoms with Gasteiger partial charge in [-0.1, -0.05) is 19.1 Å². The highest BCUT2D eigenvalue weighted by Crippen LogP contribution is 2.07. The van der Waals surface area contributed by atoms with Gasteiger partial charge in [-0.15, -0.1) is 0 Å². The van der Waals surface area contributed by atoms with Crippen molar-refractivity contribution in [3.63, 3.8) is 0 Å². The van der Waals surface area contributed by atoms with Gasteiger partial charge in [-0.25, -0.2) is 0 Å². The van der Waals surface area contributed by atoms with E-state index in [-0.39, 0.29) is 5.78 Å². The summed E-state index contributed by atoms with van der Waals surface area (Å²) < 4.78 is 0. The SMILES string of the molecule is CCC(=O)c1ccc(C(=O)NC(C)C(=O)O)cc1. The highest BCUT2D eigenvalue weighted by Gasteiger charge is 2.15. The molecule has 0 bridgehead atoms. The zero-order valence-corrected chi connectivity index (χ0v) is 10.3. The van der Waals surface area contributed by atoms with Crippen LogP contribution in [0.4, 0.5) is 0 Å². The molecule has 1 amide bonds. The predicted molar refractivity (Wildman–Crippen MR) is 65.6 cm³/mol. The summed E-state index contributed by atoms with van der Waals surface area (Å²) in [6.45, 7) is 3.15. The van der Waals surface area contributed by atoms with Gasteiger partial charge in [-0.05, 0) is 19.1 Å². The van der Waals surface area contributed by atoms with Crippen LogP contribution in [0, 0.1) is 0 Å². The number of carboxylic acids is 1. The summed E-state index contributed by atoms with van der Waals surface area (Å²) in [6.07, 6.45) is 0.404. The molecule has 96 valence electrons. The first kappa shape index (κ1) is 13.9. The maximum Gasteiger partial charge on any atom is 0.325 e. The van der Waals surface area contributed by atoms with Gasteiger partial charge in [-0.3, -0.25) is 14.4 Å². The van der Waals surface area contributed by atoms with E-state index < -0.39 is 17.9 Å². The van der Waals surface area contributed by atoms with Crippen molar-refractivity contribution < 1.29 is 19.5 Å². The van der Waals surface area contributed by atoms with Gasteiger partial charge in [0, 0.05) is 17.5 Å². The first-order chi connectivity index (χ1) is 8.45. The van der Waals surface area contributed by atoms with Gasteiger partial charge in [0.2, 0.25) is 0 Å². The Bertz CT molecular complexity index is 464. The molecular weight excluding hydrogens is 234 g/mol. The van der Waals surface area contributed by atoms with Crippen molar-refractivity contribution >= 4 is 17.7 Å². The molecule has 2 N–H and O–H groups in total. The number of Topliss-reactive ketones (excluding diaryl/α,β-unsaturated/α-hetero) is 1. The molecule has 0 aliphatic carbocycles. The number of nitrogens with one attached hydrogen (secondary N) is 1. The van der Waals surface area contributed by atoms with E-state index in [0.717, 1.165) is 0 Å². The van der Waals surface area contributed by atoms with Crippen molar-refractivity contribution in [2.24, 2.45) is 0 Å². The Hall–Kier alpha value is -2.17. The number of rotatable bonds is 5. The molecule has 1 aromatic carbocycles. The fourth-order valence-corrected chi connectivity index (χ4v) is 1.35. The monoisotopic (exact) mass is 249 g/mol. The second-order valence-corrected chi connectivity index (χ2v) is 3.89. The summed E-state index contributed by atoms with van der Waals surface area (Å²) in [6, 6.07) is 5.19. The minimum atomic E-state index is -1.10. The van der Waals surface area contributed by atoms with Gasteiger partial charge in [0.1, 0.15) is 6.04 Å². The first-order valence-corrected chi connectivity index (χ1v) is 5.62. The normalized spacial score (nSPS) is 11.7. The highest BCUT2D eigenvalue weighted by atomic mass is 16.4. The zero-order valence-electron chi connectivity index (χ0n) is 10.3. The molecule has 0 aliphatic rings. The van der Waals surface area contributed by atoms with Crippen LogP contribution in [0.1, 0.15) is 41.0 Å². The number of hydrogen-bond acceptors (Lipinski definition) is 3. The quantitative estimate of drug-likeness (QED) is 0.774. The van der Waals surface area contributed by atoms with Gasteiger partial charge >= 0.3 is 5.97 Å². The Morgan fingerprint density at radius 2 is 1.67 bits per heavy atom. The maximum atomic E-state index is 11.7. The summed E-state index contributed by atoms with van der Waals surface area (Å²) in [4.78, 5) is 33.6. The van der Waals surface area contributed by atoms with Crippen LogP contribution in [0.2, 0.25) is 0 Å². The van der Waals surface area contributed by atoms with E-state index in [1.165, 1.54) is 19.1 Å². The molecule has 0 saturated heterocycles. The molecule has 5 nitrogen and oxygen atoms in total. The number of carboxylic acid groups (broad SMARTS) is 1. The van der Waals surface area contributed by atoms with Gasteiger partial charge < -0.3 is 10.4 Å². The maximum absolute atomic E-state index is 11.7. The van der Waals surface area contributed by atoms with Crippen molar-refractivity contribution in [1.82, 2.24) is 5.32 Å². The lowest BCUT2D eigenvalue weighted by Crippen LogP contribution is -2.38. The Morgan fingerprint density at radius 3 is 2.11 bits per heavy atom. The third kappa shape index (κ3) is 3.41. The molecule has 5 heteroatoms. The lowest BCUT2D eigenvalue weighted by Gasteiger charge is -2.09. The second kappa shape index (κ2) is 5.95. The highest BCUT2D eigenvalue weighted by molar-refractivity contribution is 5.99. The average Bonchev–Trinajstić information content (AvgIpc) is 2.37. The van der Waals surface area contributed by atoms with E-state index in [1.54, 1.807) is 19.1 Å². The van der Waals surface area contributed by atoms with E-state index in [1.807, 2.05) is 0 Å². The number of ketones is 1. The molecule has 0 aliphatic heterocycles. The lowest BCUT2D eigenvalue weighted by atomic mass is 10.1. The summed E-state index contributed by atoms with van der Waals surface area (Å²) in [5.74, 6) is -1.57. The van der Waals surface area contributed by atoms with Crippen LogP contribution in [0.15, 0.2) is 24.3 Å². The summed E-state index contributed by atoms with van der Waals surface area (Å²) in [5, 5.41) is 11.0. The predicted octanol–water partition coefficient (Wildman–Crippen LogP) is 1.48. The van der Waals surface area contributed by atoms with E-state index in [9.17, 15) is 14.4 Å².